The molecule has 0 aliphatic carbocycles. The van der Waals surface area contributed by atoms with E-state index in [0.29, 0.717) is 44.6 Å². The third-order valence-corrected chi connectivity index (χ3v) is 5.02. The summed E-state index contributed by atoms with van der Waals surface area (Å²) in [6, 6.07) is 12.2. The van der Waals surface area contributed by atoms with Crippen molar-refractivity contribution in [2.24, 2.45) is 0 Å². The molecule has 1 aromatic heterocycles. The highest BCUT2D eigenvalue weighted by Gasteiger charge is 2.15. The second-order valence-electron chi connectivity index (χ2n) is 6.29. The zero-order chi connectivity index (χ0) is 21.7. The number of hydrogen-bond acceptors (Lipinski definition) is 6. The number of nitrogens with zero attached hydrogens (tertiary/aromatic N) is 1. The van der Waals surface area contributed by atoms with Crippen LogP contribution >= 0.6 is 15.9 Å². The second kappa shape index (κ2) is 9.49. The summed E-state index contributed by atoms with van der Waals surface area (Å²) in [7, 11) is 4.62. The average molecular weight is 473 g/mol. The molecule has 2 aromatic carbocycles. The first-order valence-electron chi connectivity index (χ1n) is 8.96. The summed E-state index contributed by atoms with van der Waals surface area (Å²) in [6.07, 6.45) is 1.52. The number of aromatic nitrogens is 1. The van der Waals surface area contributed by atoms with E-state index in [1.54, 1.807) is 31.4 Å². The van der Waals surface area contributed by atoms with E-state index in [2.05, 4.69) is 26.2 Å². The minimum atomic E-state index is -0.324. The van der Waals surface area contributed by atoms with Gasteiger partial charge in [-0.3, -0.25) is 4.79 Å². The molecular weight excluding hydrogens is 452 g/mol. The monoisotopic (exact) mass is 472 g/mol. The number of anilines is 1. The molecule has 0 aliphatic heterocycles. The van der Waals surface area contributed by atoms with Gasteiger partial charge < -0.3 is 24.3 Å². The summed E-state index contributed by atoms with van der Waals surface area (Å²) in [6.45, 7) is 1.97. The van der Waals surface area contributed by atoms with Crippen molar-refractivity contribution in [1.29, 1.82) is 0 Å². The van der Waals surface area contributed by atoms with E-state index in [-0.39, 0.29) is 5.91 Å². The highest BCUT2D eigenvalue weighted by atomic mass is 79.9. The Morgan fingerprint density at radius 1 is 0.900 bits per heavy atom. The van der Waals surface area contributed by atoms with Crippen molar-refractivity contribution < 1.29 is 23.7 Å². The third-order valence-electron chi connectivity index (χ3n) is 4.24. The Labute approximate surface area is 183 Å². The molecule has 0 fully saturated rings. The van der Waals surface area contributed by atoms with Crippen LogP contribution in [0.1, 0.15) is 15.9 Å². The number of nitrogens with one attached hydrogen (secondary N) is 1. The Balaban J connectivity index is 1.74. The lowest BCUT2D eigenvalue weighted by Crippen LogP contribution is -2.12. The summed E-state index contributed by atoms with van der Waals surface area (Å²) in [5.41, 5.74) is 1.96. The summed E-state index contributed by atoms with van der Waals surface area (Å²) < 4.78 is 22.3. The first-order chi connectivity index (χ1) is 14.4. The Kier molecular flexibility index (Phi) is 6.79. The zero-order valence-corrected chi connectivity index (χ0v) is 18.6. The maximum atomic E-state index is 12.6. The molecule has 1 heterocycles. The highest BCUT2D eigenvalue weighted by Crippen LogP contribution is 2.36. The van der Waals surface area contributed by atoms with Crippen LogP contribution in [0, 0.1) is 6.92 Å². The number of halogens is 1. The smallest absolute Gasteiger partial charge is 0.255 e. The molecule has 0 aliphatic rings. The Hall–Kier alpha value is -3.26. The lowest BCUT2D eigenvalue weighted by Gasteiger charge is -2.12. The zero-order valence-electron chi connectivity index (χ0n) is 17.0. The number of benzene rings is 2. The van der Waals surface area contributed by atoms with E-state index in [4.69, 9.17) is 18.9 Å². The second-order valence-corrected chi connectivity index (χ2v) is 7.08. The Bertz CT molecular complexity index is 1030. The average Bonchev–Trinajstić information content (AvgIpc) is 2.76. The number of aryl methyl sites for hydroxylation is 1. The van der Waals surface area contributed by atoms with Crippen molar-refractivity contribution in [1.82, 2.24) is 4.98 Å². The van der Waals surface area contributed by atoms with Gasteiger partial charge in [0.15, 0.2) is 11.5 Å². The predicted octanol–water partition coefficient (Wildman–Crippen LogP) is 5.22. The number of carbonyl (C=O) groups excluding carboxylic acids is 1. The van der Waals surface area contributed by atoms with E-state index >= 15 is 0 Å². The SMILES string of the molecule is COc1cc(C)ccc1Oc1ccc(NC(=O)c2cc(OC)c(Br)c(OC)c2)cn1. The number of rotatable bonds is 7. The standard InChI is InChI=1S/C22H21BrN2O5/c1-13-5-7-16(17(9-13)27-2)30-20-8-6-15(12-24-20)25-22(26)14-10-18(28-3)21(23)19(11-14)29-4/h5-12H,1-4H3,(H,25,26). The van der Waals surface area contributed by atoms with Gasteiger partial charge in [0.05, 0.1) is 33.2 Å². The number of carbonyl (C=O) groups is 1. The normalized spacial score (nSPS) is 10.3. The van der Waals surface area contributed by atoms with Crippen LogP contribution in [-0.4, -0.2) is 32.2 Å². The summed E-state index contributed by atoms with van der Waals surface area (Å²) in [5.74, 6) is 2.22. The third kappa shape index (κ3) is 4.83. The van der Waals surface area contributed by atoms with Gasteiger partial charge in [-0.25, -0.2) is 4.98 Å². The molecule has 156 valence electrons. The molecule has 0 spiro atoms. The fourth-order valence-electron chi connectivity index (χ4n) is 2.69. The molecule has 0 unspecified atom stereocenters. The first-order valence-corrected chi connectivity index (χ1v) is 9.76. The Morgan fingerprint density at radius 2 is 1.57 bits per heavy atom. The van der Waals surface area contributed by atoms with E-state index in [0.717, 1.165) is 5.56 Å². The quantitative estimate of drug-likeness (QED) is 0.507. The number of amides is 1. The molecule has 0 radical (unpaired) electrons. The van der Waals surface area contributed by atoms with Gasteiger partial charge in [-0.1, -0.05) is 6.07 Å². The lowest BCUT2D eigenvalue weighted by molar-refractivity contribution is 0.102. The minimum Gasteiger partial charge on any atom is -0.495 e. The fourth-order valence-corrected chi connectivity index (χ4v) is 3.24. The number of methoxy groups -OCH3 is 3. The molecule has 0 saturated carbocycles. The fraction of sp³-hybridized carbons (Fsp3) is 0.182. The van der Waals surface area contributed by atoms with Gasteiger partial charge >= 0.3 is 0 Å². The van der Waals surface area contributed by atoms with Gasteiger partial charge in [0.1, 0.15) is 16.0 Å². The summed E-state index contributed by atoms with van der Waals surface area (Å²) in [5, 5.41) is 2.79. The molecule has 1 N–H and O–H groups in total. The van der Waals surface area contributed by atoms with Crippen LogP contribution in [-0.2, 0) is 0 Å². The van der Waals surface area contributed by atoms with Gasteiger partial charge in [0.2, 0.25) is 5.88 Å². The molecule has 1 amide bonds. The molecule has 0 bridgehead atoms. The van der Waals surface area contributed by atoms with Gasteiger partial charge in [0, 0.05) is 11.6 Å². The highest BCUT2D eigenvalue weighted by molar-refractivity contribution is 9.10. The molecular formula is C22H21BrN2O5. The van der Waals surface area contributed by atoms with Crippen LogP contribution in [0.5, 0.6) is 28.9 Å². The molecule has 30 heavy (non-hydrogen) atoms. The molecule has 3 rings (SSSR count). The summed E-state index contributed by atoms with van der Waals surface area (Å²) in [4.78, 5) is 16.9. The lowest BCUT2D eigenvalue weighted by atomic mass is 10.2. The molecule has 3 aromatic rings. The van der Waals surface area contributed by atoms with Crippen molar-refractivity contribution in [2.75, 3.05) is 26.6 Å². The maximum absolute atomic E-state index is 12.6. The predicted molar refractivity (Wildman–Crippen MR) is 117 cm³/mol. The van der Waals surface area contributed by atoms with E-state index in [1.807, 2.05) is 25.1 Å². The van der Waals surface area contributed by atoms with Crippen LogP contribution in [0.4, 0.5) is 5.69 Å². The maximum Gasteiger partial charge on any atom is 0.255 e. The van der Waals surface area contributed by atoms with E-state index < -0.39 is 0 Å². The number of pyridine rings is 1. The van der Waals surface area contributed by atoms with Crippen LogP contribution < -0.4 is 24.3 Å². The molecule has 0 atom stereocenters. The van der Waals surface area contributed by atoms with Crippen molar-refractivity contribution in [3.05, 3.63) is 64.3 Å². The van der Waals surface area contributed by atoms with Gasteiger partial charge in [-0.15, -0.1) is 0 Å². The topological polar surface area (TPSA) is 78.9 Å². The van der Waals surface area contributed by atoms with Crippen molar-refractivity contribution in [2.45, 2.75) is 6.92 Å². The Morgan fingerprint density at radius 3 is 2.13 bits per heavy atom. The van der Waals surface area contributed by atoms with Crippen LogP contribution in [0.15, 0.2) is 53.1 Å². The molecule has 0 saturated heterocycles. The van der Waals surface area contributed by atoms with Crippen LogP contribution in [0.2, 0.25) is 0 Å². The number of ether oxygens (including phenoxy) is 4. The summed E-state index contributed by atoms with van der Waals surface area (Å²) >= 11 is 3.39. The first kappa shape index (κ1) is 21.4. The van der Waals surface area contributed by atoms with Crippen LogP contribution in [0.3, 0.4) is 0 Å². The van der Waals surface area contributed by atoms with Crippen LogP contribution in [0.25, 0.3) is 0 Å². The molecule has 8 heteroatoms. The van der Waals surface area contributed by atoms with Gasteiger partial charge in [-0.2, -0.15) is 0 Å². The van der Waals surface area contributed by atoms with E-state index in [1.165, 1.54) is 20.4 Å². The van der Waals surface area contributed by atoms with Crippen molar-refractivity contribution in [3.63, 3.8) is 0 Å². The minimum absolute atomic E-state index is 0.324. The number of hydrogen-bond donors (Lipinski definition) is 1. The van der Waals surface area contributed by atoms with Gasteiger partial charge in [0.25, 0.3) is 5.91 Å². The van der Waals surface area contributed by atoms with Crippen molar-refractivity contribution >= 4 is 27.5 Å². The molecule has 7 nitrogen and oxygen atoms in total. The van der Waals surface area contributed by atoms with E-state index in [9.17, 15) is 4.79 Å². The van der Waals surface area contributed by atoms with Crippen molar-refractivity contribution in [3.8, 4) is 28.9 Å². The van der Waals surface area contributed by atoms with Gasteiger partial charge in [-0.05, 0) is 58.7 Å². The largest absolute Gasteiger partial charge is 0.495 e.